The van der Waals surface area contributed by atoms with Crippen molar-refractivity contribution in [1.29, 1.82) is 0 Å². The fourth-order valence-corrected chi connectivity index (χ4v) is 1.75. The lowest BCUT2D eigenvalue weighted by molar-refractivity contribution is 0.144. The van der Waals surface area contributed by atoms with Crippen LogP contribution >= 0.6 is 0 Å². The van der Waals surface area contributed by atoms with E-state index in [9.17, 15) is 5.11 Å². The highest BCUT2D eigenvalue weighted by atomic mass is 16.3. The lowest BCUT2D eigenvalue weighted by Gasteiger charge is -2.23. The van der Waals surface area contributed by atoms with E-state index in [1.54, 1.807) is 10.9 Å². The summed E-state index contributed by atoms with van der Waals surface area (Å²) in [5, 5.41) is 17.1. The van der Waals surface area contributed by atoms with Crippen LogP contribution in [0.5, 0.6) is 0 Å². The van der Waals surface area contributed by atoms with Gasteiger partial charge in [0, 0.05) is 38.1 Å². The Bertz CT molecular complexity index is 302. The van der Waals surface area contributed by atoms with Crippen LogP contribution in [0.15, 0.2) is 18.5 Å². The molecule has 1 aromatic heterocycles. The van der Waals surface area contributed by atoms with Gasteiger partial charge >= 0.3 is 0 Å². The summed E-state index contributed by atoms with van der Waals surface area (Å²) in [6, 6.07) is 2.47. The third-order valence-corrected chi connectivity index (χ3v) is 3.32. The van der Waals surface area contributed by atoms with E-state index >= 15 is 0 Å². The molecule has 0 aliphatic rings. The number of nitrogens with one attached hydrogen (secondary N) is 1. The maximum atomic E-state index is 9.80. The SMILES string of the molecule is CCC(C)N(C)CCNCC(O)Cn1cccn1. The number of likely N-dealkylation sites (N-methyl/N-ethyl adjacent to an activating group) is 1. The number of hydrogen-bond donors (Lipinski definition) is 2. The van der Waals surface area contributed by atoms with Gasteiger partial charge in [0.05, 0.1) is 12.6 Å². The van der Waals surface area contributed by atoms with Crippen LogP contribution in [0.4, 0.5) is 0 Å². The fourth-order valence-electron chi connectivity index (χ4n) is 1.75. The predicted molar refractivity (Wildman–Crippen MR) is 73.5 cm³/mol. The zero-order chi connectivity index (χ0) is 13.4. The first kappa shape index (κ1) is 15.1. The van der Waals surface area contributed by atoms with Crippen LogP contribution in [0.25, 0.3) is 0 Å². The Hall–Kier alpha value is -0.910. The van der Waals surface area contributed by atoms with Gasteiger partial charge in [-0.3, -0.25) is 4.68 Å². The molecule has 0 aliphatic carbocycles. The average Bonchev–Trinajstić information content (AvgIpc) is 2.86. The highest BCUT2D eigenvalue weighted by Crippen LogP contribution is 1.98. The topological polar surface area (TPSA) is 53.3 Å². The van der Waals surface area contributed by atoms with Crippen molar-refractivity contribution < 1.29 is 5.11 Å². The zero-order valence-electron chi connectivity index (χ0n) is 11.7. The molecular formula is C13H26N4O. The van der Waals surface area contributed by atoms with Crippen molar-refractivity contribution in [1.82, 2.24) is 20.0 Å². The van der Waals surface area contributed by atoms with E-state index < -0.39 is 0 Å². The number of rotatable bonds is 9. The fraction of sp³-hybridized carbons (Fsp3) is 0.769. The number of aliphatic hydroxyl groups is 1. The van der Waals surface area contributed by atoms with Gasteiger partial charge in [0.1, 0.15) is 0 Å². The molecule has 5 nitrogen and oxygen atoms in total. The molecule has 0 bridgehead atoms. The minimum absolute atomic E-state index is 0.390. The second kappa shape index (κ2) is 8.24. The van der Waals surface area contributed by atoms with E-state index in [1.165, 1.54) is 6.42 Å². The molecule has 0 amide bonds. The first-order valence-electron chi connectivity index (χ1n) is 6.70. The molecule has 2 unspecified atom stereocenters. The van der Waals surface area contributed by atoms with Crippen LogP contribution in [-0.4, -0.2) is 58.6 Å². The normalized spacial score (nSPS) is 14.9. The maximum absolute atomic E-state index is 9.80. The van der Waals surface area contributed by atoms with Crippen molar-refractivity contribution in [3.05, 3.63) is 18.5 Å². The molecule has 0 saturated carbocycles. The van der Waals surface area contributed by atoms with Crippen molar-refractivity contribution in [2.45, 2.75) is 39.0 Å². The largest absolute Gasteiger partial charge is 0.390 e. The van der Waals surface area contributed by atoms with Crippen LogP contribution in [0.1, 0.15) is 20.3 Å². The van der Waals surface area contributed by atoms with Crippen molar-refractivity contribution >= 4 is 0 Å². The summed E-state index contributed by atoms with van der Waals surface area (Å²) in [4.78, 5) is 2.33. The highest BCUT2D eigenvalue weighted by Gasteiger charge is 2.07. The molecule has 0 fully saturated rings. The minimum atomic E-state index is -0.390. The number of nitrogens with zero attached hydrogens (tertiary/aromatic N) is 3. The molecule has 0 saturated heterocycles. The summed E-state index contributed by atoms with van der Waals surface area (Å²) >= 11 is 0. The summed E-state index contributed by atoms with van der Waals surface area (Å²) in [5.41, 5.74) is 0. The molecule has 0 radical (unpaired) electrons. The molecule has 2 atom stereocenters. The number of aromatic nitrogens is 2. The summed E-state index contributed by atoms with van der Waals surface area (Å²) in [6.45, 7) is 7.48. The lowest BCUT2D eigenvalue weighted by atomic mass is 10.2. The van der Waals surface area contributed by atoms with Gasteiger partial charge in [-0.1, -0.05) is 6.92 Å². The first-order chi connectivity index (χ1) is 8.63. The number of hydrogen-bond acceptors (Lipinski definition) is 4. The molecule has 0 aromatic carbocycles. The molecule has 1 heterocycles. The minimum Gasteiger partial charge on any atom is -0.390 e. The van der Waals surface area contributed by atoms with Crippen molar-refractivity contribution in [3.63, 3.8) is 0 Å². The Labute approximate surface area is 110 Å². The van der Waals surface area contributed by atoms with Crippen LogP contribution in [0.2, 0.25) is 0 Å². The van der Waals surface area contributed by atoms with Gasteiger partial charge in [0.2, 0.25) is 0 Å². The van der Waals surface area contributed by atoms with Crippen LogP contribution in [0.3, 0.4) is 0 Å². The van der Waals surface area contributed by atoms with Gasteiger partial charge in [0.25, 0.3) is 0 Å². The van der Waals surface area contributed by atoms with Gasteiger partial charge in [-0.15, -0.1) is 0 Å². The van der Waals surface area contributed by atoms with Crippen molar-refractivity contribution in [3.8, 4) is 0 Å². The van der Waals surface area contributed by atoms with Crippen molar-refractivity contribution in [2.24, 2.45) is 0 Å². The van der Waals surface area contributed by atoms with Crippen LogP contribution in [-0.2, 0) is 6.54 Å². The van der Waals surface area contributed by atoms with E-state index in [0.717, 1.165) is 13.1 Å². The first-order valence-corrected chi connectivity index (χ1v) is 6.70. The highest BCUT2D eigenvalue weighted by molar-refractivity contribution is 4.78. The zero-order valence-corrected chi connectivity index (χ0v) is 11.7. The molecule has 0 spiro atoms. The van der Waals surface area contributed by atoms with Gasteiger partial charge < -0.3 is 15.3 Å². The molecule has 104 valence electrons. The molecular weight excluding hydrogens is 228 g/mol. The molecule has 18 heavy (non-hydrogen) atoms. The molecule has 1 rings (SSSR count). The standard InChI is InChI=1S/C13H26N4O/c1-4-12(2)16(3)9-7-14-10-13(18)11-17-8-5-6-15-17/h5-6,8,12-14,18H,4,7,9-11H2,1-3H3. The second-order valence-electron chi connectivity index (χ2n) is 4.82. The van der Waals surface area contributed by atoms with E-state index in [-0.39, 0.29) is 6.10 Å². The Kier molecular flexibility index (Phi) is 6.93. The molecule has 0 aliphatic heterocycles. The Morgan fingerprint density at radius 2 is 2.28 bits per heavy atom. The van der Waals surface area contributed by atoms with E-state index in [0.29, 0.717) is 19.1 Å². The van der Waals surface area contributed by atoms with Crippen LogP contribution in [0, 0.1) is 0 Å². The van der Waals surface area contributed by atoms with Gasteiger partial charge in [-0.05, 0) is 26.5 Å². The van der Waals surface area contributed by atoms with E-state index in [1.807, 2.05) is 12.3 Å². The molecule has 5 heteroatoms. The summed E-state index contributed by atoms with van der Waals surface area (Å²) in [7, 11) is 2.13. The summed E-state index contributed by atoms with van der Waals surface area (Å²) in [5.74, 6) is 0. The van der Waals surface area contributed by atoms with Crippen molar-refractivity contribution in [2.75, 3.05) is 26.7 Å². The monoisotopic (exact) mass is 254 g/mol. The second-order valence-corrected chi connectivity index (χ2v) is 4.82. The molecule has 1 aromatic rings. The quantitative estimate of drug-likeness (QED) is 0.632. The van der Waals surface area contributed by atoms with Gasteiger partial charge in [-0.2, -0.15) is 5.10 Å². The molecule has 2 N–H and O–H groups in total. The van der Waals surface area contributed by atoms with E-state index in [2.05, 4.69) is 36.2 Å². The summed E-state index contributed by atoms with van der Waals surface area (Å²) in [6.07, 6.45) is 4.36. The van der Waals surface area contributed by atoms with Gasteiger partial charge in [-0.25, -0.2) is 0 Å². The number of aliphatic hydroxyl groups excluding tert-OH is 1. The third kappa shape index (κ3) is 5.62. The maximum Gasteiger partial charge on any atom is 0.0860 e. The Balaban J connectivity index is 2.07. The Morgan fingerprint density at radius 1 is 1.50 bits per heavy atom. The summed E-state index contributed by atoms with van der Waals surface area (Å²) < 4.78 is 1.75. The smallest absolute Gasteiger partial charge is 0.0860 e. The predicted octanol–water partition coefficient (Wildman–Crippen LogP) is 0.564. The third-order valence-electron chi connectivity index (χ3n) is 3.32. The average molecular weight is 254 g/mol. The van der Waals surface area contributed by atoms with Gasteiger partial charge in [0.15, 0.2) is 0 Å². The Morgan fingerprint density at radius 3 is 2.89 bits per heavy atom. The van der Waals surface area contributed by atoms with Crippen LogP contribution < -0.4 is 5.32 Å². The van der Waals surface area contributed by atoms with E-state index in [4.69, 9.17) is 0 Å². The lowest BCUT2D eigenvalue weighted by Crippen LogP contribution is -2.38.